The van der Waals surface area contributed by atoms with Crippen molar-refractivity contribution >= 4 is 21.9 Å². The molecule has 1 aliphatic carbocycles. The highest BCUT2D eigenvalue weighted by molar-refractivity contribution is 7.86. The molecule has 0 atom stereocenters. The highest BCUT2D eigenvalue weighted by Gasteiger charge is 2.33. The van der Waals surface area contributed by atoms with Crippen LogP contribution in [0.3, 0.4) is 0 Å². The van der Waals surface area contributed by atoms with Crippen molar-refractivity contribution in [3.8, 4) is 5.75 Å². The minimum absolute atomic E-state index is 0.0583. The Morgan fingerprint density at radius 3 is 2.40 bits per heavy atom. The third-order valence-electron chi connectivity index (χ3n) is 2.86. The summed E-state index contributed by atoms with van der Waals surface area (Å²) in [5, 5.41) is 0. The highest BCUT2D eigenvalue weighted by Crippen LogP contribution is 2.36. The minimum atomic E-state index is -3.75. The topological polar surface area (TPSA) is 86.7 Å². The minimum Gasteiger partial charge on any atom is -0.465 e. The number of ether oxygens (including phenoxy) is 1. The first-order chi connectivity index (χ1) is 9.31. The number of hydrogen-bond donors (Lipinski definition) is 0. The lowest BCUT2D eigenvalue weighted by Gasteiger charge is -2.10. The molecule has 6 nitrogen and oxygen atoms in total. The lowest BCUT2D eigenvalue weighted by molar-refractivity contribution is 0.0600. The summed E-state index contributed by atoms with van der Waals surface area (Å²) in [5.74, 6) is -0.989. The Kier molecular flexibility index (Phi) is 3.80. The van der Waals surface area contributed by atoms with Gasteiger partial charge in [-0.2, -0.15) is 8.42 Å². The van der Waals surface area contributed by atoms with Crippen LogP contribution < -0.4 is 4.18 Å². The molecule has 0 unspecified atom stereocenters. The fourth-order valence-electron chi connectivity index (χ4n) is 1.77. The van der Waals surface area contributed by atoms with Crippen LogP contribution in [-0.2, 0) is 14.9 Å². The molecule has 108 valence electrons. The lowest BCUT2D eigenvalue weighted by atomic mass is 10.0. The van der Waals surface area contributed by atoms with Crippen molar-refractivity contribution in [2.75, 3.05) is 13.4 Å². The van der Waals surface area contributed by atoms with Gasteiger partial charge in [0.05, 0.1) is 24.5 Å². The van der Waals surface area contributed by atoms with Crippen LogP contribution in [0.2, 0.25) is 0 Å². The summed E-state index contributed by atoms with van der Waals surface area (Å²) in [6, 6.07) is 3.96. The number of methoxy groups -OCH3 is 1. The van der Waals surface area contributed by atoms with Crippen LogP contribution in [0.5, 0.6) is 5.75 Å². The number of benzene rings is 1. The van der Waals surface area contributed by atoms with E-state index in [1.165, 1.54) is 25.3 Å². The second kappa shape index (κ2) is 5.24. The normalized spacial score (nSPS) is 14.7. The van der Waals surface area contributed by atoms with Gasteiger partial charge in [-0.15, -0.1) is 0 Å². The second-order valence-corrected chi connectivity index (χ2v) is 6.20. The number of Topliss-reactive ketones (excluding diaryl/α,β-unsaturated/α-hetero) is 1. The molecule has 0 spiro atoms. The molecule has 7 heteroatoms. The lowest BCUT2D eigenvalue weighted by Crippen LogP contribution is -2.12. The van der Waals surface area contributed by atoms with E-state index in [4.69, 9.17) is 4.18 Å². The molecule has 0 radical (unpaired) electrons. The van der Waals surface area contributed by atoms with E-state index in [1.807, 2.05) is 0 Å². The standard InChI is InChI=1S/C13H14O6S/c1-18-13(15)9-5-6-11(19-20(2,16)17)10(7-9)12(14)8-3-4-8/h5-8H,3-4H2,1-2H3. The fraction of sp³-hybridized carbons (Fsp3) is 0.385. The zero-order valence-electron chi connectivity index (χ0n) is 11.1. The van der Waals surface area contributed by atoms with Crippen LogP contribution >= 0.6 is 0 Å². The van der Waals surface area contributed by atoms with Gasteiger partial charge in [-0.05, 0) is 31.0 Å². The molecule has 0 aromatic heterocycles. The van der Waals surface area contributed by atoms with Crippen LogP contribution in [-0.4, -0.2) is 33.5 Å². The van der Waals surface area contributed by atoms with Gasteiger partial charge < -0.3 is 8.92 Å². The first-order valence-corrected chi connectivity index (χ1v) is 7.79. The maximum Gasteiger partial charge on any atom is 0.337 e. The Balaban J connectivity index is 2.45. The summed E-state index contributed by atoms with van der Waals surface area (Å²) in [6.07, 6.45) is 2.42. The Morgan fingerprint density at radius 1 is 1.25 bits per heavy atom. The van der Waals surface area contributed by atoms with E-state index in [9.17, 15) is 18.0 Å². The van der Waals surface area contributed by atoms with Gasteiger partial charge in [0, 0.05) is 5.92 Å². The number of carbonyl (C=O) groups is 2. The zero-order valence-corrected chi connectivity index (χ0v) is 11.9. The van der Waals surface area contributed by atoms with E-state index in [1.54, 1.807) is 0 Å². The average Bonchev–Trinajstić information content (AvgIpc) is 3.20. The molecule has 0 heterocycles. The fourth-order valence-corrected chi connectivity index (χ4v) is 2.24. The van der Waals surface area contributed by atoms with Crippen molar-refractivity contribution < 1.29 is 26.9 Å². The number of rotatable bonds is 5. The smallest absolute Gasteiger partial charge is 0.337 e. The van der Waals surface area contributed by atoms with Gasteiger partial charge >= 0.3 is 16.1 Å². The van der Waals surface area contributed by atoms with Gasteiger partial charge in [0.1, 0.15) is 0 Å². The number of hydrogen-bond acceptors (Lipinski definition) is 6. The SMILES string of the molecule is COC(=O)c1ccc(OS(C)(=O)=O)c(C(=O)C2CC2)c1. The van der Waals surface area contributed by atoms with Gasteiger partial charge in [0.15, 0.2) is 11.5 Å². The van der Waals surface area contributed by atoms with Gasteiger partial charge in [0.25, 0.3) is 0 Å². The van der Waals surface area contributed by atoms with Crippen LogP contribution in [0.1, 0.15) is 33.6 Å². The maximum atomic E-state index is 12.1. The molecule has 0 bridgehead atoms. The summed E-state index contributed by atoms with van der Waals surface area (Å²) < 4.78 is 31.8. The predicted octanol–water partition coefficient (Wildman–Crippen LogP) is 1.40. The molecule has 0 amide bonds. The predicted molar refractivity (Wildman–Crippen MR) is 70.3 cm³/mol. The van der Waals surface area contributed by atoms with Gasteiger partial charge in [0.2, 0.25) is 0 Å². The van der Waals surface area contributed by atoms with E-state index in [0.717, 1.165) is 19.1 Å². The summed E-state index contributed by atoms with van der Waals surface area (Å²) >= 11 is 0. The van der Waals surface area contributed by atoms with Crippen molar-refractivity contribution in [1.82, 2.24) is 0 Å². The highest BCUT2D eigenvalue weighted by atomic mass is 32.2. The van der Waals surface area contributed by atoms with Crippen molar-refractivity contribution in [2.45, 2.75) is 12.8 Å². The van der Waals surface area contributed by atoms with E-state index < -0.39 is 16.1 Å². The molecule has 2 rings (SSSR count). The Labute approximate surface area is 116 Å². The Hall–Kier alpha value is -1.89. The van der Waals surface area contributed by atoms with Gasteiger partial charge in [-0.1, -0.05) is 0 Å². The molecule has 1 aromatic carbocycles. The number of esters is 1. The summed E-state index contributed by atoms with van der Waals surface area (Å²) in [6.45, 7) is 0. The molecule has 0 aliphatic heterocycles. The molecule has 1 aliphatic rings. The molecule has 1 aromatic rings. The molecular weight excluding hydrogens is 284 g/mol. The van der Waals surface area contributed by atoms with Crippen molar-refractivity contribution in [3.05, 3.63) is 29.3 Å². The quantitative estimate of drug-likeness (QED) is 0.464. The third kappa shape index (κ3) is 3.36. The van der Waals surface area contributed by atoms with Crippen LogP contribution in [0.4, 0.5) is 0 Å². The molecule has 0 N–H and O–H groups in total. The maximum absolute atomic E-state index is 12.1. The third-order valence-corrected chi connectivity index (χ3v) is 3.34. The number of ketones is 1. The van der Waals surface area contributed by atoms with E-state index in [0.29, 0.717) is 0 Å². The van der Waals surface area contributed by atoms with E-state index >= 15 is 0 Å². The molecule has 20 heavy (non-hydrogen) atoms. The summed E-state index contributed by atoms with van der Waals surface area (Å²) in [4.78, 5) is 23.6. The summed E-state index contributed by atoms with van der Waals surface area (Å²) in [5.41, 5.74) is 0.276. The van der Waals surface area contributed by atoms with Crippen molar-refractivity contribution in [2.24, 2.45) is 5.92 Å². The summed E-state index contributed by atoms with van der Waals surface area (Å²) in [7, 11) is -2.52. The van der Waals surface area contributed by atoms with Crippen molar-refractivity contribution in [3.63, 3.8) is 0 Å². The van der Waals surface area contributed by atoms with Gasteiger partial charge in [-0.25, -0.2) is 4.79 Å². The first kappa shape index (κ1) is 14.5. The monoisotopic (exact) mass is 298 g/mol. The zero-order chi connectivity index (χ0) is 14.9. The second-order valence-electron chi connectivity index (χ2n) is 4.63. The van der Waals surface area contributed by atoms with Crippen molar-refractivity contribution in [1.29, 1.82) is 0 Å². The molecule has 1 fully saturated rings. The largest absolute Gasteiger partial charge is 0.465 e. The molecule has 1 saturated carbocycles. The number of carbonyl (C=O) groups excluding carboxylic acids is 2. The van der Waals surface area contributed by atoms with Crippen LogP contribution in [0, 0.1) is 5.92 Å². The molecular formula is C13H14O6S. The average molecular weight is 298 g/mol. The van der Waals surface area contributed by atoms with Gasteiger partial charge in [-0.3, -0.25) is 4.79 Å². The van der Waals surface area contributed by atoms with E-state index in [-0.39, 0.29) is 28.6 Å². The Morgan fingerprint density at radius 2 is 1.90 bits per heavy atom. The Bertz CT molecular complexity index is 657. The first-order valence-electron chi connectivity index (χ1n) is 5.98. The van der Waals surface area contributed by atoms with Crippen LogP contribution in [0.25, 0.3) is 0 Å². The van der Waals surface area contributed by atoms with Crippen LogP contribution in [0.15, 0.2) is 18.2 Å². The molecule has 0 saturated heterocycles. The van der Waals surface area contributed by atoms with E-state index in [2.05, 4.69) is 4.74 Å².